The van der Waals surface area contributed by atoms with Crippen LogP contribution in [0.25, 0.3) is 5.69 Å². The molecule has 2 atom stereocenters. The number of anilines is 2. The summed E-state index contributed by atoms with van der Waals surface area (Å²) in [6, 6.07) is 19.7. The standard InChI is InChI=1S/C30H29N5O4S/c1-17-14-23(18(2)34(17)21-9-7-8-20(15-21)29(37)38)28-27(24-10-5-6-13-31-24)33-30(40)35(28)22-11-12-26(39-4)25(16-22)32-19(3)36/h5-16,27-28H,1-4H3,(H,32,36)(H,33,40)(H,37,38)/t27-,28-/m1/s1. The van der Waals surface area contributed by atoms with Crippen molar-refractivity contribution >= 4 is 40.6 Å². The lowest BCUT2D eigenvalue weighted by Crippen LogP contribution is -2.29. The summed E-state index contributed by atoms with van der Waals surface area (Å²) in [4.78, 5) is 30.2. The molecule has 1 amide bonds. The van der Waals surface area contributed by atoms with E-state index in [2.05, 4.69) is 21.7 Å². The summed E-state index contributed by atoms with van der Waals surface area (Å²) in [5, 5.41) is 16.4. The number of thiocarbonyl (C=S) groups is 1. The Labute approximate surface area is 237 Å². The van der Waals surface area contributed by atoms with Crippen molar-refractivity contribution in [2.45, 2.75) is 32.9 Å². The molecule has 0 radical (unpaired) electrons. The zero-order valence-electron chi connectivity index (χ0n) is 22.5. The molecule has 0 unspecified atom stereocenters. The largest absolute Gasteiger partial charge is 0.495 e. The van der Waals surface area contributed by atoms with E-state index in [4.69, 9.17) is 17.0 Å². The first-order chi connectivity index (χ1) is 19.2. The first kappa shape index (κ1) is 26.9. The van der Waals surface area contributed by atoms with Gasteiger partial charge >= 0.3 is 5.97 Å². The van der Waals surface area contributed by atoms with Crippen molar-refractivity contribution in [3.63, 3.8) is 0 Å². The van der Waals surface area contributed by atoms with Crippen LogP contribution in [0.15, 0.2) is 72.9 Å². The Bertz CT molecular complexity index is 1620. The van der Waals surface area contributed by atoms with E-state index in [0.29, 0.717) is 16.5 Å². The van der Waals surface area contributed by atoms with Crippen molar-refractivity contribution in [2.24, 2.45) is 0 Å². The number of carbonyl (C=O) groups is 2. The maximum Gasteiger partial charge on any atom is 0.335 e. The van der Waals surface area contributed by atoms with Crippen LogP contribution in [0.3, 0.4) is 0 Å². The molecular formula is C30H29N5O4S. The van der Waals surface area contributed by atoms with E-state index >= 15 is 0 Å². The number of hydrogen-bond donors (Lipinski definition) is 3. The Balaban J connectivity index is 1.68. The van der Waals surface area contributed by atoms with Crippen LogP contribution in [0.1, 0.15) is 52.0 Å². The Morgan fingerprint density at radius 3 is 2.52 bits per heavy atom. The van der Waals surface area contributed by atoms with Crippen LogP contribution in [0, 0.1) is 13.8 Å². The van der Waals surface area contributed by atoms with Gasteiger partial charge in [-0.05, 0) is 86.2 Å². The number of rotatable bonds is 7. The van der Waals surface area contributed by atoms with Crippen molar-refractivity contribution in [2.75, 3.05) is 17.3 Å². The quantitative estimate of drug-likeness (QED) is 0.263. The van der Waals surface area contributed by atoms with Crippen LogP contribution in [0.5, 0.6) is 5.75 Å². The van der Waals surface area contributed by atoms with E-state index in [1.807, 2.05) is 59.7 Å². The van der Waals surface area contributed by atoms with Gasteiger partial charge in [-0.3, -0.25) is 9.78 Å². The number of carboxylic acid groups (broad SMARTS) is 1. The van der Waals surface area contributed by atoms with Crippen molar-refractivity contribution in [1.29, 1.82) is 0 Å². The molecule has 1 saturated heterocycles. The van der Waals surface area contributed by atoms with E-state index in [1.165, 1.54) is 6.92 Å². The molecule has 3 N–H and O–H groups in total. The number of nitrogens with one attached hydrogen (secondary N) is 2. The minimum atomic E-state index is -0.981. The molecule has 1 aliphatic rings. The lowest BCUT2D eigenvalue weighted by molar-refractivity contribution is -0.114. The Morgan fingerprint density at radius 2 is 1.85 bits per heavy atom. The number of aromatic nitrogens is 2. The number of methoxy groups -OCH3 is 1. The zero-order chi connectivity index (χ0) is 28.6. The maximum absolute atomic E-state index is 11.9. The summed E-state index contributed by atoms with van der Waals surface area (Å²) in [6.45, 7) is 5.46. The smallest absolute Gasteiger partial charge is 0.335 e. The molecule has 0 bridgehead atoms. The van der Waals surface area contributed by atoms with Gasteiger partial charge in [-0.25, -0.2) is 4.79 Å². The molecule has 2 aromatic carbocycles. The first-order valence-corrected chi connectivity index (χ1v) is 13.1. The van der Waals surface area contributed by atoms with E-state index in [-0.39, 0.29) is 23.6 Å². The fourth-order valence-electron chi connectivity index (χ4n) is 5.34. The normalized spacial score (nSPS) is 16.5. The molecular weight excluding hydrogens is 526 g/mol. The second-order valence-corrected chi connectivity index (χ2v) is 9.97. The second-order valence-electron chi connectivity index (χ2n) is 9.58. The third-order valence-corrected chi connectivity index (χ3v) is 7.32. The van der Waals surface area contributed by atoms with Gasteiger partial charge in [0.1, 0.15) is 5.75 Å². The third-order valence-electron chi connectivity index (χ3n) is 7.01. The first-order valence-electron chi connectivity index (χ1n) is 12.7. The van der Waals surface area contributed by atoms with E-state index in [0.717, 1.165) is 34.0 Å². The Kier molecular flexibility index (Phi) is 7.27. The predicted octanol–water partition coefficient (Wildman–Crippen LogP) is 5.33. The van der Waals surface area contributed by atoms with Crippen LogP contribution in [0.4, 0.5) is 11.4 Å². The molecule has 4 aromatic rings. The Morgan fingerprint density at radius 1 is 1.05 bits per heavy atom. The number of benzene rings is 2. The molecule has 3 heterocycles. The number of ether oxygens (including phenoxy) is 1. The number of aromatic carboxylic acids is 1. The summed E-state index contributed by atoms with van der Waals surface area (Å²) >= 11 is 5.89. The molecule has 9 nitrogen and oxygen atoms in total. The predicted molar refractivity (Wildman–Crippen MR) is 157 cm³/mol. The molecule has 1 aliphatic heterocycles. The van der Waals surface area contributed by atoms with Crippen LogP contribution in [-0.2, 0) is 4.79 Å². The van der Waals surface area contributed by atoms with Crippen LogP contribution in [-0.4, -0.2) is 38.8 Å². The van der Waals surface area contributed by atoms with Crippen LogP contribution in [0.2, 0.25) is 0 Å². The van der Waals surface area contributed by atoms with Gasteiger partial charge in [0.05, 0.1) is 36.1 Å². The average molecular weight is 556 g/mol. The third kappa shape index (κ3) is 4.89. The monoisotopic (exact) mass is 555 g/mol. The fourth-order valence-corrected chi connectivity index (χ4v) is 5.69. The fraction of sp³-hybridized carbons (Fsp3) is 0.200. The highest BCUT2D eigenvalue weighted by atomic mass is 32.1. The maximum atomic E-state index is 11.9. The highest BCUT2D eigenvalue weighted by molar-refractivity contribution is 7.80. The highest BCUT2D eigenvalue weighted by Crippen LogP contribution is 2.45. The van der Waals surface area contributed by atoms with Crippen molar-refractivity contribution < 1.29 is 19.4 Å². The number of hydrogen-bond acceptors (Lipinski definition) is 5. The van der Waals surface area contributed by atoms with Gasteiger partial charge in [0.15, 0.2) is 5.11 Å². The van der Waals surface area contributed by atoms with Gasteiger partial charge in [-0.2, -0.15) is 0 Å². The van der Waals surface area contributed by atoms with Crippen molar-refractivity contribution in [3.8, 4) is 11.4 Å². The van der Waals surface area contributed by atoms with E-state index < -0.39 is 5.97 Å². The number of pyridine rings is 1. The van der Waals surface area contributed by atoms with Crippen LogP contribution < -0.4 is 20.3 Å². The Hall–Kier alpha value is -4.70. The molecule has 0 aliphatic carbocycles. The topological polar surface area (TPSA) is 109 Å². The molecule has 10 heteroatoms. The van der Waals surface area contributed by atoms with Crippen molar-refractivity contribution in [1.82, 2.24) is 14.9 Å². The molecule has 0 spiro atoms. The van der Waals surface area contributed by atoms with Gasteiger partial charge in [-0.1, -0.05) is 12.1 Å². The molecule has 40 heavy (non-hydrogen) atoms. The number of carbonyl (C=O) groups excluding carboxylic acids is 1. The minimum absolute atomic E-state index is 0.215. The van der Waals surface area contributed by atoms with Gasteiger partial charge in [-0.15, -0.1) is 0 Å². The molecule has 2 aromatic heterocycles. The number of aryl methyl sites for hydroxylation is 1. The van der Waals surface area contributed by atoms with Gasteiger partial charge in [0.25, 0.3) is 0 Å². The van der Waals surface area contributed by atoms with Crippen molar-refractivity contribution in [3.05, 3.63) is 101 Å². The van der Waals surface area contributed by atoms with Gasteiger partial charge in [0.2, 0.25) is 5.91 Å². The highest BCUT2D eigenvalue weighted by Gasteiger charge is 2.42. The minimum Gasteiger partial charge on any atom is -0.495 e. The summed E-state index contributed by atoms with van der Waals surface area (Å²) in [6.07, 6.45) is 1.75. The lowest BCUT2D eigenvalue weighted by Gasteiger charge is -2.29. The number of carboxylic acids is 1. The van der Waals surface area contributed by atoms with E-state index in [1.54, 1.807) is 37.6 Å². The molecule has 0 saturated carbocycles. The number of amides is 1. The molecule has 204 valence electrons. The average Bonchev–Trinajstić information content (AvgIpc) is 3.43. The molecule has 5 rings (SSSR count). The SMILES string of the molecule is COc1ccc(N2C(=S)N[C@H](c3ccccn3)[C@H]2c2cc(C)n(-c3cccc(C(=O)O)c3)c2C)cc1NC(C)=O. The van der Waals surface area contributed by atoms with E-state index in [9.17, 15) is 14.7 Å². The summed E-state index contributed by atoms with van der Waals surface area (Å²) in [7, 11) is 1.55. The summed E-state index contributed by atoms with van der Waals surface area (Å²) in [5.41, 5.74) is 5.98. The summed E-state index contributed by atoms with van der Waals surface area (Å²) in [5.74, 6) is -0.662. The van der Waals surface area contributed by atoms with Gasteiger partial charge < -0.3 is 29.9 Å². The number of nitrogens with zero attached hydrogens (tertiary/aromatic N) is 3. The lowest BCUT2D eigenvalue weighted by atomic mass is 9.96. The second kappa shape index (κ2) is 10.8. The van der Waals surface area contributed by atoms with Crippen LogP contribution >= 0.6 is 12.2 Å². The molecule has 1 fully saturated rings. The summed E-state index contributed by atoms with van der Waals surface area (Å²) < 4.78 is 7.52. The van der Waals surface area contributed by atoms with Gasteiger partial charge in [0, 0.05) is 35.9 Å². The zero-order valence-corrected chi connectivity index (χ0v) is 23.3.